The fraction of sp³-hybridized carbons (Fsp3) is 0.438. The predicted molar refractivity (Wildman–Crippen MR) is 81.1 cm³/mol. The monoisotopic (exact) mass is 291 g/mol. The maximum Gasteiger partial charge on any atom is 0.249 e. The quantitative estimate of drug-likeness (QED) is 0.707. The Labute approximate surface area is 125 Å². The van der Waals surface area contributed by atoms with Crippen molar-refractivity contribution in [1.29, 1.82) is 0 Å². The van der Waals surface area contributed by atoms with E-state index in [1.165, 1.54) is 0 Å². The average molecular weight is 291 g/mol. The molecule has 0 bridgehead atoms. The van der Waals surface area contributed by atoms with Gasteiger partial charge in [0.15, 0.2) is 0 Å². The lowest BCUT2D eigenvalue weighted by Crippen LogP contribution is -2.47. The first-order chi connectivity index (χ1) is 9.90. The van der Waals surface area contributed by atoms with Crippen LogP contribution < -0.4 is 10.6 Å². The Morgan fingerprint density at radius 3 is 2.33 bits per heavy atom. The molecule has 1 aromatic rings. The number of amides is 2. The van der Waals surface area contributed by atoms with Crippen molar-refractivity contribution < 1.29 is 14.7 Å². The molecule has 1 radical (unpaired) electrons. The molecule has 0 aliphatic rings. The summed E-state index contributed by atoms with van der Waals surface area (Å²) < 4.78 is 0. The van der Waals surface area contributed by atoms with E-state index in [1.807, 2.05) is 44.2 Å². The molecule has 0 saturated carbocycles. The minimum Gasteiger partial charge on any atom is -0.383 e. The van der Waals surface area contributed by atoms with Crippen molar-refractivity contribution in [2.24, 2.45) is 5.92 Å². The van der Waals surface area contributed by atoms with Gasteiger partial charge in [0.1, 0.15) is 12.1 Å². The number of aliphatic hydroxyl groups excluding tert-OH is 1. The van der Waals surface area contributed by atoms with Gasteiger partial charge < -0.3 is 15.7 Å². The van der Waals surface area contributed by atoms with Crippen LogP contribution >= 0.6 is 0 Å². The van der Waals surface area contributed by atoms with Crippen LogP contribution in [0.5, 0.6) is 0 Å². The van der Waals surface area contributed by atoms with E-state index in [9.17, 15) is 14.7 Å². The van der Waals surface area contributed by atoms with E-state index in [-0.39, 0.29) is 11.8 Å². The molecule has 2 atom stereocenters. The van der Waals surface area contributed by atoms with E-state index in [1.54, 1.807) is 13.5 Å². The van der Waals surface area contributed by atoms with Crippen molar-refractivity contribution in [3.05, 3.63) is 42.4 Å². The van der Waals surface area contributed by atoms with Crippen molar-refractivity contribution in [3.8, 4) is 0 Å². The van der Waals surface area contributed by atoms with Gasteiger partial charge in [-0.2, -0.15) is 0 Å². The standard InChI is InChI=1S/C16H23N2O3/c1-11(2)9-14(19)16(21)18-12(3)15(20)17-10-13-7-5-4-6-8-13/h4-8,10-12,14,19H,9H2,1-3H3,(H,17,20)(H,18,21)/t12-,14?/m0/s1. The highest BCUT2D eigenvalue weighted by molar-refractivity contribution is 5.89. The molecule has 0 fully saturated rings. The van der Waals surface area contributed by atoms with Gasteiger partial charge in [-0.15, -0.1) is 0 Å². The van der Waals surface area contributed by atoms with E-state index in [0.29, 0.717) is 6.42 Å². The van der Waals surface area contributed by atoms with Gasteiger partial charge in [0.2, 0.25) is 11.8 Å². The largest absolute Gasteiger partial charge is 0.383 e. The molecule has 3 N–H and O–H groups in total. The van der Waals surface area contributed by atoms with Crippen LogP contribution in [0.4, 0.5) is 0 Å². The van der Waals surface area contributed by atoms with Crippen molar-refractivity contribution in [1.82, 2.24) is 10.6 Å². The molecule has 0 aliphatic carbocycles. The zero-order valence-electron chi connectivity index (χ0n) is 12.7. The van der Waals surface area contributed by atoms with Gasteiger partial charge in [-0.25, -0.2) is 0 Å². The summed E-state index contributed by atoms with van der Waals surface area (Å²) in [5.74, 6) is -0.642. The summed E-state index contributed by atoms with van der Waals surface area (Å²) in [6, 6.07) is 8.63. The Bertz CT molecular complexity index is 460. The second-order valence-corrected chi connectivity index (χ2v) is 5.44. The SMILES string of the molecule is CC(C)CC(O)C(=O)N[C@@H](C)C(=O)N[CH]c1ccccc1. The van der Waals surface area contributed by atoms with Gasteiger partial charge in [0.25, 0.3) is 0 Å². The summed E-state index contributed by atoms with van der Waals surface area (Å²) in [6.07, 6.45) is -0.714. The Morgan fingerprint density at radius 2 is 1.76 bits per heavy atom. The lowest BCUT2D eigenvalue weighted by Gasteiger charge is -2.17. The zero-order valence-corrected chi connectivity index (χ0v) is 12.7. The van der Waals surface area contributed by atoms with Gasteiger partial charge in [-0.05, 0) is 24.8 Å². The lowest BCUT2D eigenvalue weighted by molar-refractivity contribution is -0.134. The number of nitrogens with one attached hydrogen (secondary N) is 2. The van der Waals surface area contributed by atoms with Crippen molar-refractivity contribution >= 4 is 11.8 Å². The molecule has 5 heteroatoms. The third kappa shape index (κ3) is 6.40. The minimum absolute atomic E-state index is 0.210. The highest BCUT2D eigenvalue weighted by Crippen LogP contribution is 2.05. The van der Waals surface area contributed by atoms with Gasteiger partial charge >= 0.3 is 0 Å². The number of carbonyl (C=O) groups is 2. The number of carbonyl (C=O) groups excluding carboxylic acids is 2. The Kier molecular flexibility index (Phi) is 6.88. The van der Waals surface area contributed by atoms with Crippen LogP contribution in [0, 0.1) is 12.5 Å². The number of hydrogen-bond acceptors (Lipinski definition) is 3. The van der Waals surface area contributed by atoms with Crippen molar-refractivity contribution in [2.45, 2.75) is 39.3 Å². The third-order valence-corrected chi connectivity index (χ3v) is 2.93. The van der Waals surface area contributed by atoms with E-state index in [4.69, 9.17) is 0 Å². The zero-order chi connectivity index (χ0) is 15.8. The van der Waals surface area contributed by atoms with Gasteiger partial charge in [0.05, 0.1) is 6.54 Å². The molecule has 0 aliphatic heterocycles. The number of hydrogen-bond donors (Lipinski definition) is 3. The molecular weight excluding hydrogens is 268 g/mol. The molecule has 1 aromatic carbocycles. The Hall–Kier alpha value is -1.88. The summed E-state index contributed by atoms with van der Waals surface area (Å²) in [4.78, 5) is 23.6. The molecular formula is C16H23N2O3. The van der Waals surface area contributed by atoms with Crippen LogP contribution in [0.2, 0.25) is 0 Å². The van der Waals surface area contributed by atoms with Crippen LogP contribution in [-0.4, -0.2) is 29.1 Å². The summed E-state index contributed by atoms with van der Waals surface area (Å²) in [5, 5.41) is 14.8. The summed E-state index contributed by atoms with van der Waals surface area (Å²) in [5.41, 5.74) is 0.865. The number of aliphatic hydroxyl groups is 1. The topological polar surface area (TPSA) is 78.4 Å². The normalized spacial score (nSPS) is 13.6. The van der Waals surface area contributed by atoms with Crippen LogP contribution in [0.1, 0.15) is 32.8 Å². The third-order valence-electron chi connectivity index (χ3n) is 2.93. The fourth-order valence-corrected chi connectivity index (χ4v) is 1.76. The first-order valence-corrected chi connectivity index (χ1v) is 7.07. The van der Waals surface area contributed by atoms with Gasteiger partial charge in [0, 0.05) is 0 Å². The maximum atomic E-state index is 11.9. The first-order valence-electron chi connectivity index (χ1n) is 7.07. The van der Waals surface area contributed by atoms with E-state index < -0.39 is 18.1 Å². The molecule has 1 rings (SSSR count). The van der Waals surface area contributed by atoms with E-state index >= 15 is 0 Å². The van der Waals surface area contributed by atoms with E-state index in [0.717, 1.165) is 5.56 Å². The molecule has 0 spiro atoms. The summed E-state index contributed by atoms with van der Waals surface area (Å²) >= 11 is 0. The number of benzene rings is 1. The highest BCUT2D eigenvalue weighted by atomic mass is 16.3. The fourth-order valence-electron chi connectivity index (χ4n) is 1.76. The van der Waals surface area contributed by atoms with Crippen LogP contribution in [-0.2, 0) is 9.59 Å². The molecule has 0 aromatic heterocycles. The molecule has 0 heterocycles. The molecule has 0 saturated heterocycles. The highest BCUT2D eigenvalue weighted by Gasteiger charge is 2.21. The molecule has 2 amide bonds. The van der Waals surface area contributed by atoms with Crippen LogP contribution in [0.25, 0.3) is 0 Å². The van der Waals surface area contributed by atoms with Crippen LogP contribution in [0.15, 0.2) is 30.3 Å². The second kappa shape index (κ2) is 8.42. The smallest absolute Gasteiger partial charge is 0.249 e. The van der Waals surface area contributed by atoms with Crippen molar-refractivity contribution in [2.75, 3.05) is 0 Å². The molecule has 115 valence electrons. The second-order valence-electron chi connectivity index (χ2n) is 5.44. The average Bonchev–Trinajstić information content (AvgIpc) is 2.44. The van der Waals surface area contributed by atoms with Gasteiger partial charge in [-0.3, -0.25) is 9.59 Å². The van der Waals surface area contributed by atoms with Gasteiger partial charge in [-0.1, -0.05) is 44.2 Å². The minimum atomic E-state index is -1.08. The molecule has 21 heavy (non-hydrogen) atoms. The summed E-state index contributed by atoms with van der Waals surface area (Å²) in [6.45, 7) is 6.99. The first kappa shape index (κ1) is 17.2. The Morgan fingerprint density at radius 1 is 1.14 bits per heavy atom. The maximum absolute atomic E-state index is 11.9. The lowest BCUT2D eigenvalue weighted by atomic mass is 10.1. The predicted octanol–water partition coefficient (Wildman–Crippen LogP) is 1.22. The summed E-state index contributed by atoms with van der Waals surface area (Å²) in [7, 11) is 0. The number of rotatable bonds is 7. The van der Waals surface area contributed by atoms with Crippen molar-refractivity contribution in [3.63, 3.8) is 0 Å². The van der Waals surface area contributed by atoms with Crippen LogP contribution in [0.3, 0.4) is 0 Å². The molecule has 5 nitrogen and oxygen atoms in total. The molecule has 1 unspecified atom stereocenters. The van der Waals surface area contributed by atoms with E-state index in [2.05, 4.69) is 10.6 Å². The Balaban J connectivity index is 2.38.